The van der Waals surface area contributed by atoms with Gasteiger partial charge in [-0.3, -0.25) is 9.59 Å². The first-order valence-corrected chi connectivity index (χ1v) is 9.15. The molecule has 3 rings (SSSR count). The number of amides is 2. The molecule has 0 unspecified atom stereocenters. The predicted molar refractivity (Wildman–Crippen MR) is 104 cm³/mol. The van der Waals surface area contributed by atoms with Gasteiger partial charge in [0.2, 0.25) is 5.91 Å². The number of fused-ring (bicyclic) bond motifs is 1. The SMILES string of the molecule is C=CCNC(=O)COc1ccc2c(c1)[C@H](c1cccc(F)c1)N(C(C)=O)CC2. The van der Waals surface area contributed by atoms with E-state index in [0.717, 1.165) is 11.1 Å². The minimum absolute atomic E-state index is 0.0740. The highest BCUT2D eigenvalue weighted by Crippen LogP contribution is 2.37. The van der Waals surface area contributed by atoms with E-state index in [9.17, 15) is 14.0 Å². The molecular formula is C22H23FN2O3. The first-order valence-electron chi connectivity index (χ1n) is 9.15. The largest absolute Gasteiger partial charge is 0.484 e. The summed E-state index contributed by atoms with van der Waals surface area (Å²) in [5, 5.41) is 2.65. The van der Waals surface area contributed by atoms with Crippen molar-refractivity contribution in [1.29, 1.82) is 0 Å². The lowest BCUT2D eigenvalue weighted by atomic mass is 9.88. The third kappa shape index (κ3) is 4.39. The van der Waals surface area contributed by atoms with Crippen LogP contribution in [0.1, 0.15) is 29.7 Å². The van der Waals surface area contributed by atoms with Crippen LogP contribution in [0.2, 0.25) is 0 Å². The molecule has 0 radical (unpaired) electrons. The average molecular weight is 382 g/mol. The quantitative estimate of drug-likeness (QED) is 0.782. The first kappa shape index (κ1) is 19.6. The van der Waals surface area contributed by atoms with E-state index in [1.165, 1.54) is 19.1 Å². The summed E-state index contributed by atoms with van der Waals surface area (Å²) in [4.78, 5) is 25.7. The van der Waals surface area contributed by atoms with Crippen LogP contribution in [0.5, 0.6) is 5.75 Å². The predicted octanol–water partition coefficient (Wildman–Crippen LogP) is 3.00. The molecule has 2 aromatic carbocycles. The van der Waals surface area contributed by atoms with Crippen LogP contribution in [0.15, 0.2) is 55.1 Å². The fraction of sp³-hybridized carbons (Fsp3) is 0.273. The molecular weight excluding hydrogens is 359 g/mol. The molecule has 6 heteroatoms. The summed E-state index contributed by atoms with van der Waals surface area (Å²) >= 11 is 0. The van der Waals surface area contributed by atoms with Crippen molar-refractivity contribution in [2.45, 2.75) is 19.4 Å². The van der Waals surface area contributed by atoms with E-state index in [4.69, 9.17) is 4.74 Å². The lowest BCUT2D eigenvalue weighted by Crippen LogP contribution is -2.39. The Morgan fingerprint density at radius 2 is 2.14 bits per heavy atom. The maximum atomic E-state index is 13.8. The van der Waals surface area contributed by atoms with Crippen molar-refractivity contribution in [2.75, 3.05) is 19.7 Å². The van der Waals surface area contributed by atoms with Crippen molar-refractivity contribution in [3.63, 3.8) is 0 Å². The topological polar surface area (TPSA) is 58.6 Å². The van der Waals surface area contributed by atoms with Crippen molar-refractivity contribution in [2.24, 2.45) is 0 Å². The van der Waals surface area contributed by atoms with Gasteiger partial charge in [-0.15, -0.1) is 6.58 Å². The highest BCUT2D eigenvalue weighted by Gasteiger charge is 2.31. The molecule has 0 spiro atoms. The maximum absolute atomic E-state index is 13.8. The number of ether oxygens (including phenoxy) is 1. The van der Waals surface area contributed by atoms with E-state index in [1.54, 1.807) is 17.0 Å². The Morgan fingerprint density at radius 1 is 1.32 bits per heavy atom. The van der Waals surface area contributed by atoms with Crippen LogP contribution in [0.4, 0.5) is 4.39 Å². The Balaban J connectivity index is 1.91. The molecule has 0 fully saturated rings. The van der Waals surface area contributed by atoms with Gasteiger partial charge in [0.25, 0.3) is 5.91 Å². The highest BCUT2D eigenvalue weighted by molar-refractivity contribution is 5.77. The Kier molecular flexibility index (Phi) is 6.09. The zero-order valence-electron chi connectivity index (χ0n) is 15.8. The molecule has 0 saturated carbocycles. The molecule has 28 heavy (non-hydrogen) atoms. The molecule has 0 saturated heterocycles. The Bertz CT molecular complexity index is 897. The molecule has 5 nitrogen and oxygen atoms in total. The van der Waals surface area contributed by atoms with E-state index in [2.05, 4.69) is 11.9 Å². The van der Waals surface area contributed by atoms with Crippen LogP contribution >= 0.6 is 0 Å². The second-order valence-corrected chi connectivity index (χ2v) is 6.66. The number of benzene rings is 2. The molecule has 2 amide bonds. The van der Waals surface area contributed by atoms with Crippen molar-refractivity contribution in [3.05, 3.63) is 77.6 Å². The minimum Gasteiger partial charge on any atom is -0.484 e. The maximum Gasteiger partial charge on any atom is 0.258 e. The van der Waals surface area contributed by atoms with Crippen LogP contribution in [0, 0.1) is 5.82 Å². The normalized spacial score (nSPS) is 15.5. The van der Waals surface area contributed by atoms with E-state index >= 15 is 0 Å². The van der Waals surface area contributed by atoms with Crippen LogP contribution in [0.3, 0.4) is 0 Å². The summed E-state index contributed by atoms with van der Waals surface area (Å²) in [6.45, 7) is 5.89. The number of carbonyl (C=O) groups excluding carboxylic acids is 2. The van der Waals surface area contributed by atoms with Gasteiger partial charge in [-0.1, -0.05) is 24.3 Å². The molecule has 146 valence electrons. The number of hydrogen-bond donors (Lipinski definition) is 1. The fourth-order valence-corrected chi connectivity index (χ4v) is 3.44. The summed E-state index contributed by atoms with van der Waals surface area (Å²) in [7, 11) is 0. The summed E-state index contributed by atoms with van der Waals surface area (Å²) in [5.74, 6) is -0.140. The smallest absolute Gasteiger partial charge is 0.258 e. The van der Waals surface area contributed by atoms with Crippen molar-refractivity contribution >= 4 is 11.8 Å². The van der Waals surface area contributed by atoms with Crippen LogP contribution < -0.4 is 10.1 Å². The minimum atomic E-state index is -0.393. The fourth-order valence-electron chi connectivity index (χ4n) is 3.44. The van der Waals surface area contributed by atoms with Gasteiger partial charge in [0, 0.05) is 20.0 Å². The number of halogens is 1. The number of rotatable bonds is 6. The molecule has 1 heterocycles. The first-order chi connectivity index (χ1) is 13.5. The van der Waals surface area contributed by atoms with Gasteiger partial charge < -0.3 is 15.0 Å². The molecule has 1 aliphatic heterocycles. The standard InChI is InChI=1S/C22H23FN2O3/c1-3-10-24-21(27)14-28-19-8-7-16-9-11-25(15(2)26)22(20(16)13-19)17-5-4-6-18(23)12-17/h3-8,12-13,22H,1,9-11,14H2,2H3,(H,24,27)/t22-/m0/s1. The number of nitrogens with one attached hydrogen (secondary N) is 1. The number of hydrogen-bond acceptors (Lipinski definition) is 3. The Morgan fingerprint density at radius 3 is 2.86 bits per heavy atom. The summed E-state index contributed by atoms with van der Waals surface area (Å²) in [5.41, 5.74) is 2.67. The Hall–Kier alpha value is -3.15. The summed E-state index contributed by atoms with van der Waals surface area (Å²) < 4.78 is 19.4. The summed E-state index contributed by atoms with van der Waals surface area (Å²) in [6.07, 6.45) is 2.30. The highest BCUT2D eigenvalue weighted by atomic mass is 19.1. The van der Waals surface area contributed by atoms with Crippen LogP contribution in [-0.4, -0.2) is 36.4 Å². The zero-order chi connectivity index (χ0) is 20.1. The van der Waals surface area contributed by atoms with Crippen molar-refractivity contribution in [3.8, 4) is 5.75 Å². The lowest BCUT2D eigenvalue weighted by molar-refractivity contribution is -0.130. The molecule has 0 aliphatic carbocycles. The molecule has 2 aromatic rings. The Labute approximate surface area is 163 Å². The zero-order valence-corrected chi connectivity index (χ0v) is 15.8. The monoisotopic (exact) mass is 382 g/mol. The summed E-state index contributed by atoms with van der Waals surface area (Å²) in [6, 6.07) is 11.5. The van der Waals surface area contributed by atoms with E-state index in [0.29, 0.717) is 30.8 Å². The third-order valence-electron chi connectivity index (χ3n) is 4.73. The average Bonchev–Trinajstić information content (AvgIpc) is 2.69. The van der Waals surface area contributed by atoms with Crippen LogP contribution in [-0.2, 0) is 16.0 Å². The molecule has 1 atom stereocenters. The molecule has 1 N–H and O–H groups in total. The van der Waals surface area contributed by atoms with Crippen molar-refractivity contribution in [1.82, 2.24) is 10.2 Å². The van der Waals surface area contributed by atoms with Gasteiger partial charge in [0.05, 0.1) is 6.04 Å². The van der Waals surface area contributed by atoms with Gasteiger partial charge in [0.15, 0.2) is 6.61 Å². The molecule has 0 aromatic heterocycles. The molecule has 1 aliphatic rings. The number of nitrogens with zero attached hydrogens (tertiary/aromatic N) is 1. The number of carbonyl (C=O) groups is 2. The third-order valence-corrected chi connectivity index (χ3v) is 4.73. The lowest BCUT2D eigenvalue weighted by Gasteiger charge is -2.37. The van der Waals surface area contributed by atoms with Gasteiger partial charge >= 0.3 is 0 Å². The van der Waals surface area contributed by atoms with Gasteiger partial charge in [-0.05, 0) is 47.4 Å². The van der Waals surface area contributed by atoms with Crippen molar-refractivity contribution < 1.29 is 18.7 Å². The van der Waals surface area contributed by atoms with Gasteiger partial charge in [0.1, 0.15) is 11.6 Å². The van der Waals surface area contributed by atoms with Gasteiger partial charge in [-0.25, -0.2) is 4.39 Å². The van der Waals surface area contributed by atoms with Gasteiger partial charge in [-0.2, -0.15) is 0 Å². The second kappa shape index (κ2) is 8.69. The van der Waals surface area contributed by atoms with E-state index in [-0.39, 0.29) is 24.2 Å². The van der Waals surface area contributed by atoms with E-state index in [1.807, 2.05) is 24.3 Å². The van der Waals surface area contributed by atoms with Crippen LogP contribution in [0.25, 0.3) is 0 Å². The molecule has 0 bridgehead atoms. The second-order valence-electron chi connectivity index (χ2n) is 6.66. The van der Waals surface area contributed by atoms with E-state index < -0.39 is 6.04 Å².